The molecule has 3 aromatic rings. The summed E-state index contributed by atoms with van der Waals surface area (Å²) in [5.74, 6) is 1.90. The molecule has 0 saturated carbocycles. The topological polar surface area (TPSA) is 34.0 Å². The van der Waals surface area contributed by atoms with Crippen LogP contribution in [0.2, 0.25) is 0 Å². The number of anilines is 1. The standard InChI is InChI=1S/C22H30N4/c1-7-9-13-25(8-2)21-19-17(5)14-26(22(19)24-18(6)23-21)20-15(3)11-10-12-16(20)4/h10-12,14H,7-9,13H2,1-6H3. The molecule has 0 bridgehead atoms. The molecular weight excluding hydrogens is 320 g/mol. The van der Waals surface area contributed by atoms with E-state index in [0.29, 0.717) is 0 Å². The van der Waals surface area contributed by atoms with Gasteiger partial charge in [0, 0.05) is 19.3 Å². The molecule has 3 rings (SSSR count). The number of hydrogen-bond acceptors (Lipinski definition) is 3. The monoisotopic (exact) mass is 350 g/mol. The van der Waals surface area contributed by atoms with Crippen LogP contribution < -0.4 is 4.90 Å². The fourth-order valence-corrected chi connectivity index (χ4v) is 3.74. The summed E-state index contributed by atoms with van der Waals surface area (Å²) >= 11 is 0. The fourth-order valence-electron chi connectivity index (χ4n) is 3.74. The molecule has 1 aromatic carbocycles. The van der Waals surface area contributed by atoms with Gasteiger partial charge in [-0.05, 0) is 57.7 Å². The average molecular weight is 351 g/mol. The Labute approximate surface area is 156 Å². The Morgan fingerprint density at radius 3 is 2.27 bits per heavy atom. The summed E-state index contributed by atoms with van der Waals surface area (Å²) in [6, 6.07) is 6.44. The minimum absolute atomic E-state index is 0.827. The first-order valence-corrected chi connectivity index (χ1v) is 9.65. The lowest BCUT2D eigenvalue weighted by Crippen LogP contribution is -2.25. The number of fused-ring (bicyclic) bond motifs is 1. The van der Waals surface area contributed by atoms with E-state index in [1.165, 1.54) is 40.6 Å². The summed E-state index contributed by atoms with van der Waals surface area (Å²) in [6.45, 7) is 14.9. The van der Waals surface area contributed by atoms with Gasteiger partial charge in [-0.15, -0.1) is 0 Å². The van der Waals surface area contributed by atoms with Gasteiger partial charge in [0.25, 0.3) is 0 Å². The molecule has 0 radical (unpaired) electrons. The van der Waals surface area contributed by atoms with Crippen molar-refractivity contribution in [3.05, 3.63) is 46.9 Å². The smallest absolute Gasteiger partial charge is 0.150 e. The van der Waals surface area contributed by atoms with Crippen molar-refractivity contribution in [2.45, 2.75) is 54.4 Å². The maximum Gasteiger partial charge on any atom is 0.150 e. The zero-order chi connectivity index (χ0) is 18.8. The lowest BCUT2D eigenvalue weighted by atomic mass is 10.1. The summed E-state index contributed by atoms with van der Waals surface area (Å²) in [6.07, 6.45) is 4.58. The predicted octanol–water partition coefficient (Wildman–Crippen LogP) is 5.28. The van der Waals surface area contributed by atoms with Gasteiger partial charge in [-0.1, -0.05) is 31.5 Å². The van der Waals surface area contributed by atoms with Crippen LogP contribution in [0.5, 0.6) is 0 Å². The number of rotatable bonds is 6. The summed E-state index contributed by atoms with van der Waals surface area (Å²) in [4.78, 5) is 12.1. The summed E-state index contributed by atoms with van der Waals surface area (Å²) in [7, 11) is 0. The highest BCUT2D eigenvalue weighted by molar-refractivity contribution is 5.92. The Balaban J connectivity index is 2.27. The maximum atomic E-state index is 4.84. The zero-order valence-electron chi connectivity index (χ0n) is 16.9. The first kappa shape index (κ1) is 18.4. The molecule has 0 fully saturated rings. The van der Waals surface area contributed by atoms with Crippen LogP contribution in [0.15, 0.2) is 24.4 Å². The highest BCUT2D eigenvalue weighted by atomic mass is 15.2. The Hall–Kier alpha value is -2.36. The van der Waals surface area contributed by atoms with Crippen LogP contribution in [0.3, 0.4) is 0 Å². The van der Waals surface area contributed by atoms with E-state index in [4.69, 9.17) is 9.97 Å². The Bertz CT molecular complexity index is 903. The van der Waals surface area contributed by atoms with Crippen molar-refractivity contribution in [2.75, 3.05) is 18.0 Å². The van der Waals surface area contributed by atoms with Crippen molar-refractivity contribution in [2.24, 2.45) is 0 Å². The minimum Gasteiger partial charge on any atom is -0.356 e. The van der Waals surface area contributed by atoms with Crippen molar-refractivity contribution in [3.8, 4) is 5.69 Å². The summed E-state index contributed by atoms with van der Waals surface area (Å²) in [5.41, 5.74) is 5.99. The normalized spacial score (nSPS) is 11.3. The first-order valence-electron chi connectivity index (χ1n) is 9.65. The zero-order valence-corrected chi connectivity index (χ0v) is 16.9. The number of nitrogens with zero attached hydrogens (tertiary/aromatic N) is 4. The molecule has 138 valence electrons. The highest BCUT2D eigenvalue weighted by Crippen LogP contribution is 2.32. The molecule has 0 aliphatic heterocycles. The quantitative estimate of drug-likeness (QED) is 0.606. The van der Waals surface area contributed by atoms with Gasteiger partial charge in [0.15, 0.2) is 5.65 Å². The lowest BCUT2D eigenvalue weighted by Gasteiger charge is -2.23. The van der Waals surface area contributed by atoms with Crippen molar-refractivity contribution >= 4 is 16.9 Å². The molecule has 4 nitrogen and oxygen atoms in total. The van der Waals surface area contributed by atoms with Crippen molar-refractivity contribution < 1.29 is 0 Å². The van der Waals surface area contributed by atoms with Gasteiger partial charge in [-0.2, -0.15) is 0 Å². The van der Waals surface area contributed by atoms with E-state index in [1.54, 1.807) is 0 Å². The largest absolute Gasteiger partial charge is 0.356 e. The van der Waals surface area contributed by atoms with Gasteiger partial charge in [-0.3, -0.25) is 0 Å². The Kier molecular flexibility index (Phi) is 5.30. The van der Waals surface area contributed by atoms with Crippen LogP contribution in [0.4, 0.5) is 5.82 Å². The lowest BCUT2D eigenvalue weighted by molar-refractivity contribution is 0.724. The minimum atomic E-state index is 0.827. The molecule has 4 heteroatoms. The van der Waals surface area contributed by atoms with Gasteiger partial charge in [0.05, 0.1) is 11.1 Å². The fraction of sp³-hybridized carbons (Fsp3) is 0.455. The van der Waals surface area contributed by atoms with Crippen LogP contribution in [0.25, 0.3) is 16.7 Å². The van der Waals surface area contributed by atoms with E-state index in [2.05, 4.69) is 68.5 Å². The second-order valence-corrected chi connectivity index (χ2v) is 7.15. The molecular formula is C22H30N4. The maximum absolute atomic E-state index is 4.84. The van der Waals surface area contributed by atoms with E-state index >= 15 is 0 Å². The van der Waals surface area contributed by atoms with Gasteiger partial charge < -0.3 is 9.47 Å². The molecule has 2 aromatic heterocycles. The number of hydrogen-bond donors (Lipinski definition) is 0. The molecule has 0 amide bonds. The molecule has 26 heavy (non-hydrogen) atoms. The summed E-state index contributed by atoms with van der Waals surface area (Å²) < 4.78 is 2.25. The molecule has 0 spiro atoms. The first-order chi connectivity index (χ1) is 12.5. The highest BCUT2D eigenvalue weighted by Gasteiger charge is 2.19. The molecule has 0 N–H and O–H groups in total. The molecule has 0 saturated heterocycles. The van der Waals surface area contributed by atoms with Crippen LogP contribution in [0.1, 0.15) is 49.2 Å². The van der Waals surface area contributed by atoms with Crippen molar-refractivity contribution in [1.29, 1.82) is 0 Å². The summed E-state index contributed by atoms with van der Waals surface area (Å²) in [5, 5.41) is 1.18. The van der Waals surface area contributed by atoms with E-state index in [-0.39, 0.29) is 0 Å². The SMILES string of the molecule is CCCCN(CC)c1nc(C)nc2c1c(C)cn2-c1c(C)cccc1C. The van der Waals surface area contributed by atoms with Gasteiger partial charge in [-0.25, -0.2) is 9.97 Å². The second kappa shape index (κ2) is 7.48. The third-order valence-corrected chi connectivity index (χ3v) is 5.07. The van der Waals surface area contributed by atoms with E-state index in [9.17, 15) is 0 Å². The van der Waals surface area contributed by atoms with E-state index in [0.717, 1.165) is 30.4 Å². The second-order valence-electron chi connectivity index (χ2n) is 7.15. The van der Waals surface area contributed by atoms with Crippen LogP contribution in [-0.2, 0) is 0 Å². The number of para-hydroxylation sites is 1. The van der Waals surface area contributed by atoms with Crippen LogP contribution in [-0.4, -0.2) is 27.6 Å². The van der Waals surface area contributed by atoms with Crippen molar-refractivity contribution in [1.82, 2.24) is 14.5 Å². The predicted molar refractivity (Wildman–Crippen MR) is 111 cm³/mol. The number of benzene rings is 1. The third-order valence-electron chi connectivity index (χ3n) is 5.07. The van der Waals surface area contributed by atoms with Crippen LogP contribution >= 0.6 is 0 Å². The average Bonchev–Trinajstić information content (AvgIpc) is 2.91. The van der Waals surface area contributed by atoms with Gasteiger partial charge >= 0.3 is 0 Å². The van der Waals surface area contributed by atoms with Gasteiger partial charge in [0.2, 0.25) is 0 Å². The Morgan fingerprint density at radius 2 is 1.65 bits per heavy atom. The van der Waals surface area contributed by atoms with E-state index < -0.39 is 0 Å². The van der Waals surface area contributed by atoms with E-state index in [1.807, 2.05) is 6.92 Å². The number of unbranched alkanes of at least 4 members (excludes halogenated alkanes) is 1. The molecule has 0 aliphatic rings. The Morgan fingerprint density at radius 1 is 0.962 bits per heavy atom. The van der Waals surface area contributed by atoms with Crippen molar-refractivity contribution in [3.63, 3.8) is 0 Å². The van der Waals surface area contributed by atoms with Gasteiger partial charge in [0.1, 0.15) is 11.6 Å². The molecule has 0 aliphatic carbocycles. The molecule has 0 unspecified atom stereocenters. The number of aryl methyl sites for hydroxylation is 4. The number of aromatic nitrogens is 3. The van der Waals surface area contributed by atoms with Crippen LogP contribution in [0, 0.1) is 27.7 Å². The molecule has 0 atom stereocenters. The molecule has 2 heterocycles. The third kappa shape index (κ3) is 3.20.